The molecular weight excluding hydrogens is 359 g/mol. The van der Waals surface area contributed by atoms with Crippen LogP contribution in [0, 0.1) is 12.7 Å². The molecule has 0 bridgehead atoms. The first-order chi connectivity index (χ1) is 11.3. The Bertz CT molecular complexity index is 771. The molecule has 24 heavy (non-hydrogen) atoms. The van der Waals surface area contributed by atoms with Gasteiger partial charge in [0.05, 0.1) is 22.6 Å². The number of amides is 1. The summed E-state index contributed by atoms with van der Waals surface area (Å²) < 4.78 is 42.4. The van der Waals surface area contributed by atoms with E-state index < -0.39 is 15.7 Å². The number of halogens is 2. The summed E-state index contributed by atoms with van der Waals surface area (Å²) in [6.07, 6.45) is 0. The maximum Gasteiger partial charge on any atom is 0.260 e. The molecule has 2 saturated heterocycles. The standard InChI is InChI=1S/C15H18ClFN2O4S/c1-9-10(17)2-3-13(15(9)16)23-6-14(20)19-5-4-18-11-7-24(21,22)8-12(11)19/h2-3,11-12,18H,4-8H2,1H3/t11-,12+/m1/s1. The highest BCUT2D eigenvalue weighted by molar-refractivity contribution is 7.91. The quantitative estimate of drug-likeness (QED) is 0.843. The molecule has 2 heterocycles. The van der Waals surface area contributed by atoms with Gasteiger partial charge < -0.3 is 15.0 Å². The Morgan fingerprint density at radius 3 is 2.96 bits per heavy atom. The van der Waals surface area contributed by atoms with E-state index in [0.29, 0.717) is 13.1 Å². The van der Waals surface area contributed by atoms with E-state index in [0.717, 1.165) is 0 Å². The third-order valence-corrected chi connectivity index (χ3v) is 6.62. The van der Waals surface area contributed by atoms with Gasteiger partial charge in [-0.1, -0.05) is 11.6 Å². The highest BCUT2D eigenvalue weighted by Gasteiger charge is 2.44. The Morgan fingerprint density at radius 2 is 2.21 bits per heavy atom. The molecule has 0 radical (unpaired) electrons. The summed E-state index contributed by atoms with van der Waals surface area (Å²) in [7, 11) is -3.14. The van der Waals surface area contributed by atoms with Crippen LogP contribution in [0.3, 0.4) is 0 Å². The van der Waals surface area contributed by atoms with Gasteiger partial charge in [0.15, 0.2) is 16.4 Å². The molecule has 2 fully saturated rings. The Kier molecular flexibility index (Phi) is 4.72. The molecule has 1 aromatic carbocycles. The summed E-state index contributed by atoms with van der Waals surface area (Å²) in [4.78, 5) is 14.0. The minimum absolute atomic E-state index is 0.0349. The number of carbonyl (C=O) groups excluding carboxylic acids is 1. The monoisotopic (exact) mass is 376 g/mol. The highest BCUT2D eigenvalue weighted by Crippen LogP contribution is 2.29. The van der Waals surface area contributed by atoms with E-state index in [9.17, 15) is 17.6 Å². The largest absolute Gasteiger partial charge is 0.482 e. The molecular formula is C15H18ClFN2O4S. The first kappa shape index (κ1) is 17.4. The van der Waals surface area contributed by atoms with E-state index in [4.69, 9.17) is 16.3 Å². The molecule has 1 amide bonds. The first-order valence-corrected chi connectivity index (χ1v) is 9.79. The van der Waals surface area contributed by atoms with E-state index in [-0.39, 0.29) is 52.4 Å². The van der Waals surface area contributed by atoms with Crippen LogP contribution in [-0.4, -0.2) is 62.5 Å². The zero-order valence-corrected chi connectivity index (χ0v) is 14.7. The van der Waals surface area contributed by atoms with Crippen molar-refractivity contribution in [3.8, 4) is 5.75 Å². The molecule has 0 unspecified atom stereocenters. The van der Waals surface area contributed by atoms with Crippen LogP contribution in [0.5, 0.6) is 5.75 Å². The summed E-state index contributed by atoms with van der Waals surface area (Å²) in [6, 6.07) is 2.00. The normalized spacial score (nSPS) is 25.4. The SMILES string of the molecule is Cc1c(F)ccc(OCC(=O)N2CCN[C@@H]3CS(=O)(=O)C[C@@H]32)c1Cl. The number of piperazine rings is 1. The maximum absolute atomic E-state index is 13.4. The van der Waals surface area contributed by atoms with Crippen LogP contribution in [0.15, 0.2) is 12.1 Å². The Balaban J connectivity index is 1.68. The number of sulfone groups is 1. The summed E-state index contributed by atoms with van der Waals surface area (Å²) in [6.45, 7) is 2.22. The van der Waals surface area contributed by atoms with E-state index in [2.05, 4.69) is 5.32 Å². The molecule has 132 valence electrons. The number of fused-ring (bicyclic) bond motifs is 1. The molecule has 0 spiro atoms. The predicted octanol–water partition coefficient (Wildman–Crippen LogP) is 0.764. The first-order valence-electron chi connectivity index (χ1n) is 7.59. The van der Waals surface area contributed by atoms with Gasteiger partial charge in [0, 0.05) is 24.7 Å². The van der Waals surface area contributed by atoms with Gasteiger partial charge in [-0.2, -0.15) is 0 Å². The van der Waals surface area contributed by atoms with Crippen molar-refractivity contribution < 1.29 is 22.3 Å². The summed E-state index contributed by atoms with van der Waals surface area (Å²) >= 11 is 6.02. The van der Waals surface area contributed by atoms with Gasteiger partial charge in [-0.3, -0.25) is 4.79 Å². The number of carbonyl (C=O) groups is 1. The zero-order chi connectivity index (χ0) is 17.5. The molecule has 0 aromatic heterocycles. The molecule has 6 nitrogen and oxygen atoms in total. The highest BCUT2D eigenvalue weighted by atomic mass is 35.5. The Morgan fingerprint density at radius 1 is 1.46 bits per heavy atom. The van der Waals surface area contributed by atoms with Crippen LogP contribution in [-0.2, 0) is 14.6 Å². The lowest BCUT2D eigenvalue weighted by Gasteiger charge is -2.37. The summed E-state index contributed by atoms with van der Waals surface area (Å²) in [5.41, 5.74) is 0.255. The van der Waals surface area contributed by atoms with Crippen molar-refractivity contribution in [2.45, 2.75) is 19.0 Å². The van der Waals surface area contributed by atoms with Crippen molar-refractivity contribution in [2.24, 2.45) is 0 Å². The van der Waals surface area contributed by atoms with Crippen molar-refractivity contribution in [1.29, 1.82) is 0 Å². The van der Waals surface area contributed by atoms with E-state index in [1.165, 1.54) is 19.1 Å². The second-order valence-electron chi connectivity index (χ2n) is 6.07. The molecule has 3 rings (SSSR count). The van der Waals surface area contributed by atoms with Crippen LogP contribution in [0.25, 0.3) is 0 Å². The Hall–Kier alpha value is -1.38. The lowest BCUT2D eigenvalue weighted by atomic mass is 10.1. The molecule has 1 aromatic rings. The van der Waals surface area contributed by atoms with Crippen molar-refractivity contribution in [3.63, 3.8) is 0 Å². The second kappa shape index (κ2) is 6.50. The molecule has 2 aliphatic heterocycles. The molecule has 9 heteroatoms. The van der Waals surface area contributed by atoms with Crippen molar-refractivity contribution in [2.75, 3.05) is 31.2 Å². The van der Waals surface area contributed by atoms with E-state index in [1.54, 1.807) is 4.90 Å². The number of nitrogens with one attached hydrogen (secondary N) is 1. The smallest absolute Gasteiger partial charge is 0.260 e. The van der Waals surface area contributed by atoms with Crippen molar-refractivity contribution >= 4 is 27.3 Å². The van der Waals surface area contributed by atoms with Crippen LogP contribution in [0.1, 0.15) is 5.56 Å². The fourth-order valence-electron chi connectivity index (χ4n) is 3.15. The third-order valence-electron chi connectivity index (χ3n) is 4.44. The lowest BCUT2D eigenvalue weighted by molar-refractivity contribution is -0.136. The van der Waals surface area contributed by atoms with Crippen molar-refractivity contribution in [1.82, 2.24) is 10.2 Å². The minimum Gasteiger partial charge on any atom is -0.482 e. The minimum atomic E-state index is -3.14. The zero-order valence-electron chi connectivity index (χ0n) is 13.1. The average molecular weight is 377 g/mol. The number of rotatable bonds is 3. The van der Waals surface area contributed by atoms with E-state index >= 15 is 0 Å². The molecule has 0 aliphatic carbocycles. The number of nitrogens with zero attached hydrogens (tertiary/aromatic N) is 1. The molecule has 2 aliphatic rings. The fourth-order valence-corrected chi connectivity index (χ4v) is 5.31. The molecule has 0 saturated carbocycles. The van der Waals surface area contributed by atoms with Gasteiger partial charge >= 0.3 is 0 Å². The van der Waals surface area contributed by atoms with Crippen LogP contribution >= 0.6 is 11.6 Å². The van der Waals surface area contributed by atoms with Gasteiger partial charge in [0.2, 0.25) is 0 Å². The number of hydrogen-bond acceptors (Lipinski definition) is 5. The van der Waals surface area contributed by atoms with Gasteiger partial charge in [-0.25, -0.2) is 12.8 Å². The maximum atomic E-state index is 13.4. The number of hydrogen-bond donors (Lipinski definition) is 1. The number of ether oxygens (including phenoxy) is 1. The van der Waals surface area contributed by atoms with E-state index in [1.807, 2.05) is 0 Å². The lowest BCUT2D eigenvalue weighted by Crippen LogP contribution is -2.59. The summed E-state index contributed by atoms with van der Waals surface area (Å²) in [5, 5.41) is 3.27. The van der Waals surface area contributed by atoms with Gasteiger partial charge in [0.25, 0.3) is 5.91 Å². The summed E-state index contributed by atoms with van der Waals surface area (Å²) in [5.74, 6) is -0.506. The van der Waals surface area contributed by atoms with Crippen molar-refractivity contribution in [3.05, 3.63) is 28.5 Å². The van der Waals surface area contributed by atoms with Gasteiger partial charge in [-0.05, 0) is 19.1 Å². The van der Waals surface area contributed by atoms with Crippen LogP contribution in [0.2, 0.25) is 5.02 Å². The van der Waals surface area contributed by atoms with Gasteiger partial charge in [-0.15, -0.1) is 0 Å². The number of benzene rings is 1. The third kappa shape index (κ3) is 3.36. The molecule has 2 atom stereocenters. The molecule has 1 N–H and O–H groups in total. The van der Waals surface area contributed by atoms with Gasteiger partial charge in [0.1, 0.15) is 11.6 Å². The topological polar surface area (TPSA) is 75.7 Å². The second-order valence-corrected chi connectivity index (χ2v) is 8.60. The predicted molar refractivity (Wildman–Crippen MR) is 87.6 cm³/mol. The average Bonchev–Trinajstić information content (AvgIpc) is 2.85. The van der Waals surface area contributed by atoms with Crippen LogP contribution < -0.4 is 10.1 Å². The fraction of sp³-hybridized carbons (Fsp3) is 0.533. The van der Waals surface area contributed by atoms with Crippen LogP contribution in [0.4, 0.5) is 4.39 Å². The Labute approximate surface area is 144 Å².